The fourth-order valence-electron chi connectivity index (χ4n) is 4.95. The topological polar surface area (TPSA) is 96.2 Å². The summed E-state index contributed by atoms with van der Waals surface area (Å²) in [7, 11) is 0. The molecule has 0 radical (unpaired) electrons. The Labute approximate surface area is 197 Å². The molecule has 0 spiro atoms. The molecule has 33 heavy (non-hydrogen) atoms. The molecule has 1 aliphatic carbocycles. The Hall–Kier alpha value is -2.68. The number of furan rings is 1. The summed E-state index contributed by atoms with van der Waals surface area (Å²) in [4.78, 5) is 26.2. The molecule has 1 aromatic heterocycles. The molecule has 9 heteroatoms. The van der Waals surface area contributed by atoms with E-state index in [0.717, 1.165) is 37.1 Å². The van der Waals surface area contributed by atoms with Crippen molar-refractivity contribution in [3.63, 3.8) is 0 Å². The lowest BCUT2D eigenvalue weighted by molar-refractivity contribution is -0.164. The third-order valence-electron chi connectivity index (χ3n) is 6.79. The van der Waals surface area contributed by atoms with E-state index in [1.54, 1.807) is 31.4 Å². The molecule has 8 nitrogen and oxygen atoms in total. The summed E-state index contributed by atoms with van der Waals surface area (Å²) in [6.45, 7) is 2.46. The highest BCUT2D eigenvalue weighted by atomic mass is 35.5. The summed E-state index contributed by atoms with van der Waals surface area (Å²) in [6, 6.07) is 11.0. The van der Waals surface area contributed by atoms with Crippen molar-refractivity contribution < 1.29 is 18.7 Å². The zero-order valence-electron chi connectivity index (χ0n) is 18.4. The van der Waals surface area contributed by atoms with Gasteiger partial charge in [0.1, 0.15) is 11.8 Å². The van der Waals surface area contributed by atoms with Crippen LogP contribution in [0.25, 0.3) is 0 Å². The highest BCUT2D eigenvalue weighted by Crippen LogP contribution is 2.35. The van der Waals surface area contributed by atoms with E-state index in [2.05, 4.69) is 16.0 Å². The van der Waals surface area contributed by atoms with Crippen LogP contribution in [0.15, 0.2) is 52.2 Å². The van der Waals surface area contributed by atoms with Gasteiger partial charge in [0.05, 0.1) is 17.9 Å². The van der Waals surface area contributed by atoms with Crippen molar-refractivity contribution in [1.82, 2.24) is 15.9 Å². The van der Waals surface area contributed by atoms with E-state index in [-0.39, 0.29) is 17.8 Å². The lowest BCUT2D eigenvalue weighted by Crippen LogP contribution is -2.40. The van der Waals surface area contributed by atoms with Gasteiger partial charge in [-0.05, 0) is 61.9 Å². The van der Waals surface area contributed by atoms with E-state index < -0.39 is 12.1 Å². The van der Waals surface area contributed by atoms with E-state index in [1.165, 1.54) is 5.01 Å². The smallest absolute Gasteiger partial charge is 0.309 e. The molecule has 2 N–H and O–H groups in total. The molecule has 174 valence electrons. The fourth-order valence-corrected chi connectivity index (χ4v) is 5.08. The molecule has 3 aliphatic rings. The van der Waals surface area contributed by atoms with Crippen LogP contribution >= 0.6 is 11.6 Å². The van der Waals surface area contributed by atoms with Gasteiger partial charge in [-0.25, -0.2) is 5.01 Å². The first-order valence-electron chi connectivity index (χ1n) is 11.4. The van der Waals surface area contributed by atoms with Gasteiger partial charge in [-0.2, -0.15) is 5.10 Å². The monoisotopic (exact) mass is 470 g/mol. The molecule has 2 fully saturated rings. The molecule has 0 bridgehead atoms. The van der Waals surface area contributed by atoms with Gasteiger partial charge in [0.25, 0.3) is 5.91 Å². The molecule has 5 rings (SSSR count). The first-order valence-corrected chi connectivity index (χ1v) is 11.8. The average molecular weight is 471 g/mol. The number of halogens is 1. The zero-order chi connectivity index (χ0) is 22.9. The molecule has 2 aliphatic heterocycles. The highest BCUT2D eigenvalue weighted by molar-refractivity contribution is 6.30. The number of nitrogens with one attached hydrogen (secondary N) is 2. The van der Waals surface area contributed by atoms with Crippen LogP contribution in [0, 0.1) is 11.8 Å². The maximum atomic E-state index is 13.3. The molecule has 1 amide bonds. The van der Waals surface area contributed by atoms with Gasteiger partial charge in [-0.15, -0.1) is 0 Å². The number of ether oxygens (including phenoxy) is 1. The van der Waals surface area contributed by atoms with Crippen molar-refractivity contribution >= 4 is 29.2 Å². The third kappa shape index (κ3) is 4.55. The van der Waals surface area contributed by atoms with Crippen LogP contribution in [-0.2, 0) is 14.3 Å². The first kappa shape index (κ1) is 22.1. The molecular weight excluding hydrogens is 444 g/mol. The second-order valence-electron chi connectivity index (χ2n) is 8.95. The predicted octanol–water partition coefficient (Wildman–Crippen LogP) is 3.44. The van der Waals surface area contributed by atoms with E-state index in [4.69, 9.17) is 20.8 Å². The van der Waals surface area contributed by atoms with Crippen molar-refractivity contribution in [2.75, 3.05) is 6.54 Å². The SMILES string of the molecule is CC(OC(=O)C1CCC2NNCC2C1)C(=O)N1N=C(c2ccc(Cl)cc2)CC1c1ccco1. The molecule has 3 heterocycles. The van der Waals surface area contributed by atoms with Gasteiger partial charge in [0.15, 0.2) is 6.10 Å². The Morgan fingerprint density at radius 1 is 1.24 bits per heavy atom. The standard InChI is InChI=1S/C24H27ClN4O4/c1-14(33-24(31)16-6-9-19-17(11-16)13-26-27-19)23(30)29-21(22-3-2-10-32-22)12-20(28-29)15-4-7-18(25)8-5-15/h2-5,7-8,10,14,16-17,19,21,26-27H,6,9,11-13H2,1H3. The summed E-state index contributed by atoms with van der Waals surface area (Å²) in [5.41, 5.74) is 8.05. The number of carbonyl (C=O) groups excluding carboxylic acids is 2. The van der Waals surface area contributed by atoms with E-state index >= 15 is 0 Å². The minimum Gasteiger partial charge on any atom is -0.467 e. The Balaban J connectivity index is 1.30. The number of fused-ring (bicyclic) bond motifs is 1. The van der Waals surface area contributed by atoms with Crippen LogP contribution in [0.2, 0.25) is 5.02 Å². The average Bonchev–Trinajstić information content (AvgIpc) is 3.58. The Bertz CT molecular complexity index is 1040. The van der Waals surface area contributed by atoms with Gasteiger partial charge in [-0.1, -0.05) is 23.7 Å². The maximum Gasteiger partial charge on any atom is 0.309 e. The lowest BCUT2D eigenvalue weighted by atomic mass is 9.79. The molecule has 1 saturated heterocycles. The zero-order valence-corrected chi connectivity index (χ0v) is 19.1. The van der Waals surface area contributed by atoms with Crippen LogP contribution in [0.3, 0.4) is 0 Å². The number of hydrogen-bond acceptors (Lipinski definition) is 7. The number of esters is 1. The van der Waals surface area contributed by atoms with Crippen molar-refractivity contribution in [3.8, 4) is 0 Å². The molecule has 2 aromatic rings. The third-order valence-corrected chi connectivity index (χ3v) is 7.05. The van der Waals surface area contributed by atoms with Crippen LogP contribution < -0.4 is 10.9 Å². The predicted molar refractivity (Wildman–Crippen MR) is 122 cm³/mol. The number of benzene rings is 1. The summed E-state index contributed by atoms with van der Waals surface area (Å²) in [5, 5.41) is 6.62. The van der Waals surface area contributed by atoms with Gasteiger partial charge in [0, 0.05) is 24.0 Å². The number of hydrazone groups is 1. The van der Waals surface area contributed by atoms with Gasteiger partial charge < -0.3 is 9.15 Å². The summed E-state index contributed by atoms with van der Waals surface area (Å²) >= 11 is 6.02. The Morgan fingerprint density at radius 2 is 2.06 bits per heavy atom. The van der Waals surface area contributed by atoms with Crippen molar-refractivity contribution in [3.05, 3.63) is 59.0 Å². The maximum absolute atomic E-state index is 13.3. The van der Waals surface area contributed by atoms with Crippen molar-refractivity contribution in [1.29, 1.82) is 0 Å². The van der Waals surface area contributed by atoms with Gasteiger partial charge in [0.2, 0.25) is 0 Å². The minimum atomic E-state index is -0.944. The van der Waals surface area contributed by atoms with Crippen LogP contribution in [0.1, 0.15) is 50.0 Å². The normalized spacial score (nSPS) is 27.7. The van der Waals surface area contributed by atoms with Crippen LogP contribution in [-0.4, -0.2) is 41.3 Å². The largest absolute Gasteiger partial charge is 0.467 e. The van der Waals surface area contributed by atoms with Crippen LogP contribution in [0.5, 0.6) is 0 Å². The van der Waals surface area contributed by atoms with E-state index in [9.17, 15) is 9.59 Å². The van der Waals surface area contributed by atoms with E-state index in [1.807, 2.05) is 18.2 Å². The molecular formula is C24H27ClN4O4. The quantitative estimate of drug-likeness (QED) is 0.650. The number of amides is 1. The molecule has 1 saturated carbocycles. The molecule has 5 unspecified atom stereocenters. The Kier molecular flexibility index (Phi) is 6.23. The van der Waals surface area contributed by atoms with Gasteiger partial charge >= 0.3 is 5.97 Å². The number of nitrogens with zero attached hydrogens (tertiary/aromatic N) is 2. The number of carbonyl (C=O) groups is 2. The number of hydrazine groups is 1. The second-order valence-corrected chi connectivity index (χ2v) is 9.39. The second kappa shape index (κ2) is 9.29. The summed E-state index contributed by atoms with van der Waals surface area (Å²) in [5.74, 6) is 0.184. The van der Waals surface area contributed by atoms with Crippen LogP contribution in [0.4, 0.5) is 0 Å². The highest BCUT2D eigenvalue weighted by Gasteiger charge is 2.40. The summed E-state index contributed by atoms with van der Waals surface area (Å²) < 4.78 is 11.2. The molecule has 5 atom stereocenters. The number of hydrogen-bond donors (Lipinski definition) is 2. The van der Waals surface area contributed by atoms with E-state index in [0.29, 0.717) is 29.2 Å². The lowest BCUT2D eigenvalue weighted by Gasteiger charge is -2.30. The summed E-state index contributed by atoms with van der Waals surface area (Å²) in [6.07, 6.45) is 3.56. The van der Waals surface area contributed by atoms with Crippen molar-refractivity contribution in [2.24, 2.45) is 16.9 Å². The Morgan fingerprint density at radius 3 is 2.82 bits per heavy atom. The molecule has 1 aromatic carbocycles. The fraction of sp³-hybridized carbons (Fsp3) is 0.458. The van der Waals surface area contributed by atoms with Crippen molar-refractivity contribution in [2.45, 2.75) is 50.8 Å². The number of rotatable bonds is 5. The first-order chi connectivity index (χ1) is 16.0. The minimum absolute atomic E-state index is 0.184. The van der Waals surface area contributed by atoms with Gasteiger partial charge in [-0.3, -0.25) is 20.4 Å².